The molecule has 0 spiro atoms. The highest BCUT2D eigenvalue weighted by Gasteiger charge is 2.16. The van der Waals surface area contributed by atoms with Crippen molar-refractivity contribution in [2.24, 2.45) is 0 Å². The summed E-state index contributed by atoms with van der Waals surface area (Å²) in [5.41, 5.74) is 5.97. The van der Waals surface area contributed by atoms with Crippen molar-refractivity contribution in [2.45, 2.75) is 19.4 Å². The van der Waals surface area contributed by atoms with Crippen LogP contribution < -0.4 is 15.8 Å². The van der Waals surface area contributed by atoms with Crippen LogP contribution in [0.25, 0.3) is 33.3 Å². The molecule has 2 N–H and O–H groups in total. The van der Waals surface area contributed by atoms with E-state index < -0.39 is 5.76 Å². The summed E-state index contributed by atoms with van der Waals surface area (Å²) >= 11 is 0. The van der Waals surface area contributed by atoms with Gasteiger partial charge < -0.3 is 24.4 Å². The first kappa shape index (κ1) is 24.4. The number of anilines is 1. The molecule has 1 amide bonds. The summed E-state index contributed by atoms with van der Waals surface area (Å²) in [4.78, 5) is 30.8. The van der Waals surface area contributed by atoms with Gasteiger partial charge in [-0.05, 0) is 80.2 Å². The number of nitrogens with one attached hydrogen (secondary N) is 2. The number of methoxy groups -OCH3 is 1. The Kier molecular flexibility index (Phi) is 6.83. The second-order valence-corrected chi connectivity index (χ2v) is 9.31. The van der Waals surface area contributed by atoms with Gasteiger partial charge in [0.2, 0.25) is 5.91 Å². The lowest BCUT2D eigenvalue weighted by molar-refractivity contribution is -0.116. The first-order valence-electron chi connectivity index (χ1n) is 12.2. The number of para-hydroxylation sites is 1. The molecule has 2 aromatic heterocycles. The number of H-pyrrole nitrogens is 1. The van der Waals surface area contributed by atoms with Crippen LogP contribution in [0.15, 0.2) is 75.9 Å². The number of nitrogens with zero attached hydrogens (tertiary/aromatic N) is 2. The maximum Gasteiger partial charge on any atom is 0.419 e. The first-order valence-corrected chi connectivity index (χ1v) is 12.2. The molecule has 0 saturated heterocycles. The van der Waals surface area contributed by atoms with Gasteiger partial charge in [-0.15, -0.1) is 0 Å². The molecule has 0 aliphatic carbocycles. The minimum absolute atomic E-state index is 0.101. The fourth-order valence-electron chi connectivity index (χ4n) is 4.58. The molecular weight excluding hydrogens is 468 g/mol. The van der Waals surface area contributed by atoms with Gasteiger partial charge in [-0.1, -0.05) is 18.2 Å². The van der Waals surface area contributed by atoms with Gasteiger partial charge in [-0.3, -0.25) is 9.36 Å². The van der Waals surface area contributed by atoms with E-state index in [1.165, 1.54) is 0 Å². The third-order valence-corrected chi connectivity index (χ3v) is 6.52. The van der Waals surface area contributed by atoms with E-state index in [1.54, 1.807) is 29.9 Å². The standard InChI is InChI=1S/C29H30N4O4/c1-32(2)16-17-33-25-18-20(10-14-26(25)37-29(33)35)30-27(34)15-13-23-22-6-4-5-7-24(22)31-28(23)19-8-11-21(36-3)12-9-19/h4-12,14,18,31H,13,15-17H2,1-3H3,(H,30,34). The van der Waals surface area contributed by atoms with Gasteiger partial charge in [0, 0.05) is 41.8 Å². The fraction of sp³-hybridized carbons (Fsp3) is 0.241. The third kappa shape index (κ3) is 5.15. The van der Waals surface area contributed by atoms with Crippen LogP contribution in [-0.4, -0.2) is 48.1 Å². The van der Waals surface area contributed by atoms with Gasteiger partial charge in [0.05, 0.1) is 12.6 Å². The summed E-state index contributed by atoms with van der Waals surface area (Å²) in [7, 11) is 5.55. The number of hydrogen-bond acceptors (Lipinski definition) is 5. The predicted molar refractivity (Wildman–Crippen MR) is 146 cm³/mol. The number of ether oxygens (including phenoxy) is 1. The van der Waals surface area contributed by atoms with Crippen molar-refractivity contribution in [2.75, 3.05) is 33.1 Å². The molecule has 37 heavy (non-hydrogen) atoms. The Morgan fingerprint density at radius 1 is 1.08 bits per heavy atom. The Balaban J connectivity index is 1.35. The Labute approximate surface area is 214 Å². The van der Waals surface area contributed by atoms with Crippen LogP contribution in [0.4, 0.5) is 5.69 Å². The number of likely N-dealkylation sites (N-methyl/N-ethyl adjacent to an activating group) is 1. The van der Waals surface area contributed by atoms with E-state index in [2.05, 4.69) is 16.4 Å². The van der Waals surface area contributed by atoms with Crippen molar-refractivity contribution in [1.82, 2.24) is 14.5 Å². The molecule has 0 fully saturated rings. The Morgan fingerprint density at radius 3 is 2.62 bits per heavy atom. The SMILES string of the molecule is COc1ccc(-c2[nH]c3ccccc3c2CCC(=O)Nc2ccc3oc(=O)n(CCN(C)C)c3c2)cc1. The van der Waals surface area contributed by atoms with E-state index in [4.69, 9.17) is 9.15 Å². The Bertz CT molecular complexity index is 1610. The van der Waals surface area contributed by atoms with Gasteiger partial charge >= 0.3 is 5.76 Å². The van der Waals surface area contributed by atoms with Crippen LogP contribution in [-0.2, 0) is 17.8 Å². The number of oxazole rings is 1. The summed E-state index contributed by atoms with van der Waals surface area (Å²) in [5, 5.41) is 4.09. The average Bonchev–Trinajstić information content (AvgIpc) is 3.42. The maximum atomic E-state index is 13.0. The number of carbonyl (C=O) groups excluding carboxylic acids is 1. The zero-order chi connectivity index (χ0) is 25.9. The molecule has 0 saturated carbocycles. The number of hydrogen-bond donors (Lipinski definition) is 2. The fourth-order valence-corrected chi connectivity index (χ4v) is 4.58. The normalized spacial score (nSPS) is 11.5. The van der Waals surface area contributed by atoms with Crippen molar-refractivity contribution in [3.05, 3.63) is 82.8 Å². The molecule has 5 rings (SSSR count). The van der Waals surface area contributed by atoms with Crippen molar-refractivity contribution < 1.29 is 13.9 Å². The number of benzene rings is 3. The molecule has 8 heteroatoms. The van der Waals surface area contributed by atoms with Gasteiger partial charge in [0.15, 0.2) is 5.58 Å². The number of aromatic nitrogens is 2. The highest BCUT2D eigenvalue weighted by molar-refractivity contribution is 5.95. The molecule has 0 bridgehead atoms. The van der Waals surface area contributed by atoms with E-state index >= 15 is 0 Å². The van der Waals surface area contributed by atoms with Crippen molar-refractivity contribution in [3.8, 4) is 17.0 Å². The maximum absolute atomic E-state index is 13.0. The van der Waals surface area contributed by atoms with Gasteiger partial charge in [-0.2, -0.15) is 0 Å². The molecule has 0 atom stereocenters. The lowest BCUT2D eigenvalue weighted by atomic mass is 10.0. The summed E-state index contributed by atoms with van der Waals surface area (Å²) in [5.74, 6) is 0.296. The van der Waals surface area contributed by atoms with Crippen molar-refractivity contribution >= 4 is 33.6 Å². The largest absolute Gasteiger partial charge is 0.497 e. The Hall–Kier alpha value is -4.30. The van der Waals surface area contributed by atoms with Gasteiger partial charge in [0.1, 0.15) is 5.75 Å². The highest BCUT2D eigenvalue weighted by Crippen LogP contribution is 2.32. The number of aromatic amines is 1. The summed E-state index contributed by atoms with van der Waals surface area (Å²) in [6.45, 7) is 1.21. The van der Waals surface area contributed by atoms with Crippen LogP contribution in [0.2, 0.25) is 0 Å². The number of rotatable bonds is 9. The second-order valence-electron chi connectivity index (χ2n) is 9.31. The number of fused-ring (bicyclic) bond motifs is 2. The van der Waals surface area contributed by atoms with Crippen LogP contribution in [0.1, 0.15) is 12.0 Å². The molecule has 0 aliphatic rings. The zero-order valence-electron chi connectivity index (χ0n) is 21.2. The van der Waals surface area contributed by atoms with Crippen LogP contribution in [0.5, 0.6) is 5.75 Å². The number of carbonyl (C=O) groups is 1. The molecule has 2 heterocycles. The monoisotopic (exact) mass is 498 g/mol. The molecule has 0 radical (unpaired) electrons. The first-order chi connectivity index (χ1) is 17.9. The topological polar surface area (TPSA) is 92.5 Å². The Morgan fingerprint density at radius 2 is 1.86 bits per heavy atom. The number of aryl methyl sites for hydroxylation is 1. The minimum Gasteiger partial charge on any atom is -0.497 e. The van der Waals surface area contributed by atoms with E-state index in [9.17, 15) is 9.59 Å². The molecule has 3 aromatic carbocycles. The zero-order valence-corrected chi connectivity index (χ0v) is 21.2. The average molecular weight is 499 g/mol. The molecule has 0 unspecified atom stereocenters. The molecule has 8 nitrogen and oxygen atoms in total. The molecule has 5 aromatic rings. The summed E-state index contributed by atoms with van der Waals surface area (Å²) < 4.78 is 12.3. The summed E-state index contributed by atoms with van der Waals surface area (Å²) in [6, 6.07) is 21.3. The van der Waals surface area contributed by atoms with Gasteiger partial charge in [0.25, 0.3) is 0 Å². The third-order valence-electron chi connectivity index (χ3n) is 6.52. The highest BCUT2D eigenvalue weighted by atomic mass is 16.5. The number of amides is 1. The van der Waals surface area contributed by atoms with E-state index in [-0.39, 0.29) is 5.91 Å². The summed E-state index contributed by atoms with van der Waals surface area (Å²) in [6.07, 6.45) is 0.876. The van der Waals surface area contributed by atoms with Crippen LogP contribution >= 0.6 is 0 Å². The molecular formula is C29H30N4O4. The lowest BCUT2D eigenvalue weighted by Gasteiger charge is -2.10. The molecule has 0 aliphatic heterocycles. The minimum atomic E-state index is -0.397. The lowest BCUT2D eigenvalue weighted by Crippen LogP contribution is -2.23. The molecule has 190 valence electrons. The van der Waals surface area contributed by atoms with E-state index in [0.717, 1.165) is 33.5 Å². The van der Waals surface area contributed by atoms with Gasteiger partial charge in [-0.25, -0.2) is 4.79 Å². The second kappa shape index (κ2) is 10.4. The van der Waals surface area contributed by atoms with Crippen LogP contribution in [0, 0.1) is 0 Å². The quantitative estimate of drug-likeness (QED) is 0.302. The predicted octanol–water partition coefficient (Wildman–Crippen LogP) is 4.88. The van der Waals surface area contributed by atoms with E-state index in [1.807, 2.05) is 61.5 Å². The van der Waals surface area contributed by atoms with Crippen molar-refractivity contribution in [3.63, 3.8) is 0 Å². The smallest absolute Gasteiger partial charge is 0.419 e. The van der Waals surface area contributed by atoms with E-state index in [0.29, 0.717) is 42.7 Å². The van der Waals surface area contributed by atoms with Crippen molar-refractivity contribution in [1.29, 1.82) is 0 Å². The van der Waals surface area contributed by atoms with Crippen LogP contribution in [0.3, 0.4) is 0 Å².